The summed E-state index contributed by atoms with van der Waals surface area (Å²) in [6, 6.07) is 6.87. The molecule has 96 valence electrons. The van der Waals surface area contributed by atoms with Crippen LogP contribution in [0.4, 0.5) is 0 Å². The fourth-order valence-electron chi connectivity index (χ4n) is 1.60. The maximum absolute atomic E-state index is 11.8. The van der Waals surface area contributed by atoms with Gasteiger partial charge in [0, 0.05) is 6.20 Å². The van der Waals surface area contributed by atoms with E-state index in [0.717, 1.165) is 0 Å². The SMILES string of the molecule is CCOC(=O)c1cc(C)nn1-c1ccc(C#N)cn1. The molecule has 19 heavy (non-hydrogen) atoms. The summed E-state index contributed by atoms with van der Waals surface area (Å²) >= 11 is 0. The Kier molecular flexibility index (Phi) is 3.57. The van der Waals surface area contributed by atoms with E-state index >= 15 is 0 Å². The first kappa shape index (κ1) is 12.8. The molecule has 0 aromatic carbocycles. The van der Waals surface area contributed by atoms with E-state index in [1.165, 1.54) is 10.9 Å². The topological polar surface area (TPSA) is 80.8 Å². The number of nitrogens with zero attached hydrogens (tertiary/aromatic N) is 4. The average Bonchev–Trinajstić information content (AvgIpc) is 2.81. The maximum atomic E-state index is 11.8. The summed E-state index contributed by atoms with van der Waals surface area (Å²) in [5, 5.41) is 12.9. The number of hydrogen-bond donors (Lipinski definition) is 0. The van der Waals surface area contributed by atoms with Crippen molar-refractivity contribution in [3.8, 4) is 11.9 Å². The minimum atomic E-state index is -0.450. The Bertz CT molecular complexity index is 638. The van der Waals surface area contributed by atoms with E-state index in [1.807, 2.05) is 6.07 Å². The highest BCUT2D eigenvalue weighted by atomic mass is 16.5. The molecule has 0 aliphatic rings. The van der Waals surface area contributed by atoms with Crippen molar-refractivity contribution in [2.45, 2.75) is 13.8 Å². The van der Waals surface area contributed by atoms with Gasteiger partial charge in [-0.15, -0.1) is 0 Å². The second-order valence-corrected chi connectivity index (χ2v) is 3.82. The molecule has 0 fully saturated rings. The Balaban J connectivity index is 2.43. The van der Waals surface area contributed by atoms with Gasteiger partial charge in [-0.05, 0) is 32.0 Å². The predicted molar refractivity (Wildman–Crippen MR) is 66.8 cm³/mol. The number of carbonyl (C=O) groups is 1. The summed E-state index contributed by atoms with van der Waals surface area (Å²) in [6.45, 7) is 3.82. The number of pyridine rings is 1. The number of nitriles is 1. The Hall–Kier alpha value is -2.68. The van der Waals surface area contributed by atoms with Crippen molar-refractivity contribution in [1.82, 2.24) is 14.8 Å². The second kappa shape index (κ2) is 5.31. The summed E-state index contributed by atoms with van der Waals surface area (Å²) in [7, 11) is 0. The fourth-order valence-corrected chi connectivity index (χ4v) is 1.60. The van der Waals surface area contributed by atoms with Crippen molar-refractivity contribution < 1.29 is 9.53 Å². The second-order valence-electron chi connectivity index (χ2n) is 3.82. The van der Waals surface area contributed by atoms with Gasteiger partial charge in [0.25, 0.3) is 0 Å². The molecule has 0 amide bonds. The molecule has 0 bridgehead atoms. The number of hydrogen-bond acceptors (Lipinski definition) is 5. The van der Waals surface area contributed by atoms with Gasteiger partial charge in [0.1, 0.15) is 6.07 Å². The molecule has 2 rings (SSSR count). The molecular formula is C13H12N4O2. The summed E-state index contributed by atoms with van der Waals surface area (Å²) < 4.78 is 6.38. The molecule has 0 atom stereocenters. The smallest absolute Gasteiger partial charge is 0.357 e. The van der Waals surface area contributed by atoms with Gasteiger partial charge in [0.05, 0.1) is 17.9 Å². The van der Waals surface area contributed by atoms with Crippen molar-refractivity contribution in [3.05, 3.63) is 41.3 Å². The van der Waals surface area contributed by atoms with Crippen LogP contribution in [0.5, 0.6) is 0 Å². The number of aromatic nitrogens is 3. The Morgan fingerprint density at radius 2 is 2.32 bits per heavy atom. The Morgan fingerprint density at radius 1 is 1.53 bits per heavy atom. The molecule has 0 saturated carbocycles. The molecule has 0 spiro atoms. The quantitative estimate of drug-likeness (QED) is 0.779. The first-order valence-corrected chi connectivity index (χ1v) is 5.76. The van der Waals surface area contributed by atoms with Crippen LogP contribution in [0.15, 0.2) is 24.4 Å². The molecule has 2 aromatic heterocycles. The maximum Gasteiger partial charge on any atom is 0.357 e. The van der Waals surface area contributed by atoms with E-state index in [9.17, 15) is 4.79 Å². The van der Waals surface area contributed by atoms with Crippen LogP contribution in [0, 0.1) is 18.3 Å². The van der Waals surface area contributed by atoms with E-state index in [1.54, 1.807) is 32.0 Å². The third-order valence-electron chi connectivity index (χ3n) is 2.41. The van der Waals surface area contributed by atoms with Crippen LogP contribution in [0.25, 0.3) is 5.82 Å². The zero-order valence-corrected chi connectivity index (χ0v) is 10.6. The number of rotatable bonds is 3. The van der Waals surface area contributed by atoms with Crippen molar-refractivity contribution in [1.29, 1.82) is 5.26 Å². The highest BCUT2D eigenvalue weighted by Crippen LogP contribution is 2.12. The molecule has 0 radical (unpaired) electrons. The molecule has 0 unspecified atom stereocenters. The first-order valence-electron chi connectivity index (χ1n) is 5.76. The zero-order valence-electron chi connectivity index (χ0n) is 10.6. The van der Waals surface area contributed by atoms with Crippen LogP contribution >= 0.6 is 0 Å². The van der Waals surface area contributed by atoms with Gasteiger partial charge in [-0.1, -0.05) is 0 Å². The average molecular weight is 256 g/mol. The lowest BCUT2D eigenvalue weighted by Gasteiger charge is -2.05. The molecule has 2 aromatic rings. The van der Waals surface area contributed by atoms with E-state index in [4.69, 9.17) is 10.00 Å². The lowest BCUT2D eigenvalue weighted by molar-refractivity contribution is 0.0515. The van der Waals surface area contributed by atoms with Crippen LogP contribution in [-0.2, 0) is 4.74 Å². The molecule has 0 N–H and O–H groups in total. The van der Waals surface area contributed by atoms with E-state index in [-0.39, 0.29) is 0 Å². The van der Waals surface area contributed by atoms with Gasteiger partial charge in [-0.2, -0.15) is 10.4 Å². The van der Waals surface area contributed by atoms with Crippen molar-refractivity contribution in [2.75, 3.05) is 6.61 Å². The van der Waals surface area contributed by atoms with Crippen LogP contribution in [0.3, 0.4) is 0 Å². The van der Waals surface area contributed by atoms with Crippen molar-refractivity contribution in [3.63, 3.8) is 0 Å². The molecule has 2 heterocycles. The largest absolute Gasteiger partial charge is 0.461 e. The fraction of sp³-hybridized carbons (Fsp3) is 0.231. The van der Waals surface area contributed by atoms with Gasteiger partial charge in [-0.3, -0.25) is 0 Å². The number of esters is 1. The van der Waals surface area contributed by atoms with Crippen molar-refractivity contribution in [2.24, 2.45) is 0 Å². The third kappa shape index (κ3) is 2.60. The summed E-state index contributed by atoms with van der Waals surface area (Å²) in [6.07, 6.45) is 1.43. The van der Waals surface area contributed by atoms with Gasteiger partial charge in [0.2, 0.25) is 0 Å². The minimum Gasteiger partial charge on any atom is -0.461 e. The number of carbonyl (C=O) groups excluding carboxylic acids is 1. The molecular weight excluding hydrogens is 244 g/mol. The summed E-state index contributed by atoms with van der Waals surface area (Å²) in [5.41, 5.74) is 1.45. The molecule has 6 nitrogen and oxygen atoms in total. The molecule has 0 aliphatic carbocycles. The van der Waals surface area contributed by atoms with Gasteiger partial charge < -0.3 is 4.74 Å². The van der Waals surface area contributed by atoms with Crippen LogP contribution in [-0.4, -0.2) is 27.3 Å². The van der Waals surface area contributed by atoms with Crippen molar-refractivity contribution >= 4 is 5.97 Å². The Morgan fingerprint density at radius 3 is 2.89 bits per heavy atom. The first-order chi connectivity index (χ1) is 9.15. The standard InChI is InChI=1S/C13H12N4O2/c1-3-19-13(18)11-6-9(2)16-17(11)12-5-4-10(7-14)8-15-12/h4-6,8H,3H2,1-2H3. The summed E-state index contributed by atoms with van der Waals surface area (Å²) in [4.78, 5) is 15.9. The zero-order chi connectivity index (χ0) is 13.8. The van der Waals surface area contributed by atoms with Crippen LogP contribution < -0.4 is 0 Å². The van der Waals surface area contributed by atoms with Gasteiger partial charge in [-0.25, -0.2) is 14.5 Å². The minimum absolute atomic E-state index is 0.295. The number of ether oxygens (including phenoxy) is 1. The normalized spacial score (nSPS) is 9.95. The third-order valence-corrected chi connectivity index (χ3v) is 2.41. The summed E-state index contributed by atoms with van der Waals surface area (Å²) in [5.74, 6) is 0.0180. The molecule has 6 heteroatoms. The lowest BCUT2D eigenvalue weighted by Crippen LogP contribution is -2.12. The van der Waals surface area contributed by atoms with E-state index in [0.29, 0.717) is 29.4 Å². The van der Waals surface area contributed by atoms with Crippen LogP contribution in [0.1, 0.15) is 28.7 Å². The van der Waals surface area contributed by atoms with E-state index < -0.39 is 5.97 Å². The Labute approximate surface area is 110 Å². The lowest BCUT2D eigenvalue weighted by atomic mass is 10.3. The number of aryl methyl sites for hydroxylation is 1. The molecule has 0 saturated heterocycles. The monoisotopic (exact) mass is 256 g/mol. The highest BCUT2D eigenvalue weighted by Gasteiger charge is 2.16. The molecule has 0 aliphatic heterocycles. The van der Waals surface area contributed by atoms with Gasteiger partial charge >= 0.3 is 5.97 Å². The van der Waals surface area contributed by atoms with E-state index in [2.05, 4.69) is 10.1 Å². The predicted octanol–water partition coefficient (Wildman–Crippen LogP) is 1.62. The van der Waals surface area contributed by atoms with Gasteiger partial charge in [0.15, 0.2) is 11.5 Å². The highest BCUT2D eigenvalue weighted by molar-refractivity contribution is 5.88. The van der Waals surface area contributed by atoms with Crippen LogP contribution in [0.2, 0.25) is 0 Å².